The van der Waals surface area contributed by atoms with Gasteiger partial charge in [-0.3, -0.25) is 14.1 Å². The standard InChI is InChI=1S/C19H17ClFN3O2/c20-14-5-4-13(11-15(14)21)18(25)19-22-16(12-23-7-9-26-10-8-23)17-3-1-2-6-24(17)19/h1-6,11H,7-10,12H2. The maximum atomic E-state index is 13.8. The predicted octanol–water partition coefficient (Wildman–Crippen LogP) is 3.19. The molecule has 134 valence electrons. The van der Waals surface area contributed by atoms with E-state index in [-0.39, 0.29) is 22.2 Å². The van der Waals surface area contributed by atoms with Crippen LogP contribution in [-0.4, -0.2) is 46.4 Å². The Labute approximate surface area is 155 Å². The zero-order valence-corrected chi connectivity index (χ0v) is 14.7. The van der Waals surface area contributed by atoms with Gasteiger partial charge in [-0.15, -0.1) is 0 Å². The summed E-state index contributed by atoms with van der Waals surface area (Å²) in [6.07, 6.45) is 1.80. The highest BCUT2D eigenvalue weighted by molar-refractivity contribution is 6.30. The molecule has 1 aliphatic heterocycles. The van der Waals surface area contributed by atoms with Crippen LogP contribution < -0.4 is 0 Å². The van der Waals surface area contributed by atoms with Crippen molar-refractivity contribution < 1.29 is 13.9 Å². The highest BCUT2D eigenvalue weighted by Gasteiger charge is 2.21. The largest absolute Gasteiger partial charge is 0.379 e. The van der Waals surface area contributed by atoms with Gasteiger partial charge in [0.05, 0.1) is 29.4 Å². The molecule has 0 amide bonds. The lowest BCUT2D eigenvalue weighted by Crippen LogP contribution is -2.35. The van der Waals surface area contributed by atoms with E-state index < -0.39 is 5.82 Å². The Kier molecular flexibility index (Phi) is 4.72. The SMILES string of the molecule is O=C(c1ccc(Cl)c(F)c1)c1nc(CN2CCOCC2)c2ccccn12. The number of benzene rings is 1. The number of carbonyl (C=O) groups excluding carboxylic acids is 1. The van der Waals surface area contributed by atoms with Crippen molar-refractivity contribution in [2.45, 2.75) is 6.54 Å². The van der Waals surface area contributed by atoms with Crippen molar-refractivity contribution in [3.05, 3.63) is 70.5 Å². The molecular weight excluding hydrogens is 357 g/mol. The van der Waals surface area contributed by atoms with Crippen LogP contribution in [0.5, 0.6) is 0 Å². The molecule has 0 saturated carbocycles. The normalized spacial score (nSPS) is 15.5. The van der Waals surface area contributed by atoms with Gasteiger partial charge in [-0.1, -0.05) is 17.7 Å². The van der Waals surface area contributed by atoms with Gasteiger partial charge < -0.3 is 4.74 Å². The van der Waals surface area contributed by atoms with E-state index in [0.717, 1.165) is 30.4 Å². The first-order valence-corrected chi connectivity index (χ1v) is 8.77. The molecular formula is C19H17ClFN3O2. The summed E-state index contributed by atoms with van der Waals surface area (Å²) in [7, 11) is 0. The minimum atomic E-state index is -0.619. The predicted molar refractivity (Wildman–Crippen MR) is 96.1 cm³/mol. The van der Waals surface area contributed by atoms with Crippen LogP contribution in [0.2, 0.25) is 5.02 Å². The first-order chi connectivity index (χ1) is 12.6. The Morgan fingerprint density at radius 2 is 2.04 bits per heavy atom. The molecule has 0 radical (unpaired) electrons. The number of ether oxygens (including phenoxy) is 1. The zero-order chi connectivity index (χ0) is 18.1. The number of fused-ring (bicyclic) bond motifs is 1. The number of ketones is 1. The third-order valence-electron chi connectivity index (χ3n) is 4.49. The smallest absolute Gasteiger partial charge is 0.228 e. The van der Waals surface area contributed by atoms with Crippen LogP contribution in [-0.2, 0) is 11.3 Å². The number of hydrogen-bond acceptors (Lipinski definition) is 4. The summed E-state index contributed by atoms with van der Waals surface area (Å²) in [5.74, 6) is -0.688. The van der Waals surface area contributed by atoms with E-state index in [0.29, 0.717) is 19.8 Å². The molecule has 0 atom stereocenters. The van der Waals surface area contributed by atoms with Gasteiger partial charge in [0.25, 0.3) is 0 Å². The van der Waals surface area contributed by atoms with Crippen molar-refractivity contribution in [3.8, 4) is 0 Å². The molecule has 1 saturated heterocycles. The van der Waals surface area contributed by atoms with Crippen molar-refractivity contribution in [1.82, 2.24) is 14.3 Å². The van der Waals surface area contributed by atoms with Gasteiger partial charge in [-0.2, -0.15) is 0 Å². The number of morpholine rings is 1. The van der Waals surface area contributed by atoms with Crippen LogP contribution in [0.15, 0.2) is 42.6 Å². The first kappa shape index (κ1) is 17.1. The van der Waals surface area contributed by atoms with Gasteiger partial charge in [0.1, 0.15) is 5.82 Å². The molecule has 0 aliphatic carbocycles. The minimum Gasteiger partial charge on any atom is -0.379 e. The average Bonchev–Trinajstić information content (AvgIpc) is 3.03. The van der Waals surface area contributed by atoms with Crippen molar-refractivity contribution in [2.24, 2.45) is 0 Å². The van der Waals surface area contributed by atoms with E-state index in [1.165, 1.54) is 12.1 Å². The first-order valence-electron chi connectivity index (χ1n) is 8.39. The average molecular weight is 374 g/mol. The number of carbonyl (C=O) groups is 1. The number of imidazole rings is 1. The van der Waals surface area contributed by atoms with Crippen molar-refractivity contribution >= 4 is 22.9 Å². The van der Waals surface area contributed by atoms with Gasteiger partial charge in [0.15, 0.2) is 5.82 Å². The third kappa shape index (κ3) is 3.23. The number of nitrogens with zero attached hydrogens (tertiary/aromatic N) is 3. The number of aromatic nitrogens is 2. The molecule has 0 spiro atoms. The van der Waals surface area contributed by atoms with Crippen molar-refractivity contribution in [1.29, 1.82) is 0 Å². The molecule has 2 aromatic heterocycles. The summed E-state index contributed by atoms with van der Waals surface area (Å²) in [6.45, 7) is 3.69. The topological polar surface area (TPSA) is 46.8 Å². The van der Waals surface area contributed by atoms with Crippen LogP contribution in [0.1, 0.15) is 21.9 Å². The van der Waals surface area contributed by atoms with E-state index in [1.54, 1.807) is 10.6 Å². The van der Waals surface area contributed by atoms with E-state index >= 15 is 0 Å². The van der Waals surface area contributed by atoms with Crippen LogP contribution in [0.4, 0.5) is 4.39 Å². The van der Waals surface area contributed by atoms with Crippen LogP contribution in [0.3, 0.4) is 0 Å². The third-order valence-corrected chi connectivity index (χ3v) is 4.79. The lowest BCUT2D eigenvalue weighted by molar-refractivity contribution is 0.0338. The molecule has 3 heterocycles. The van der Waals surface area contributed by atoms with Crippen LogP contribution >= 0.6 is 11.6 Å². The van der Waals surface area contributed by atoms with E-state index in [9.17, 15) is 9.18 Å². The summed E-state index contributed by atoms with van der Waals surface area (Å²) >= 11 is 5.72. The molecule has 4 rings (SSSR count). The maximum Gasteiger partial charge on any atom is 0.228 e. The number of rotatable bonds is 4. The molecule has 0 unspecified atom stereocenters. The molecule has 26 heavy (non-hydrogen) atoms. The zero-order valence-electron chi connectivity index (χ0n) is 14.0. The summed E-state index contributed by atoms with van der Waals surface area (Å²) in [5.41, 5.74) is 1.92. The van der Waals surface area contributed by atoms with Gasteiger partial charge in [0, 0.05) is 31.4 Å². The fourth-order valence-electron chi connectivity index (χ4n) is 3.12. The molecule has 1 aliphatic rings. The maximum absolute atomic E-state index is 13.8. The summed E-state index contributed by atoms with van der Waals surface area (Å²) in [4.78, 5) is 19.7. The lowest BCUT2D eigenvalue weighted by Gasteiger charge is -2.25. The number of halogens is 2. The van der Waals surface area contributed by atoms with Crippen molar-refractivity contribution in [3.63, 3.8) is 0 Å². The van der Waals surface area contributed by atoms with Gasteiger partial charge in [-0.25, -0.2) is 9.37 Å². The summed E-state index contributed by atoms with van der Waals surface area (Å²) in [5, 5.41) is -0.0115. The molecule has 1 fully saturated rings. The van der Waals surface area contributed by atoms with E-state index in [1.807, 2.05) is 18.2 Å². The Bertz CT molecular complexity index is 967. The van der Waals surface area contributed by atoms with Gasteiger partial charge in [0.2, 0.25) is 5.78 Å². The number of hydrogen-bond donors (Lipinski definition) is 0. The quantitative estimate of drug-likeness (QED) is 0.659. The highest BCUT2D eigenvalue weighted by atomic mass is 35.5. The molecule has 0 N–H and O–H groups in total. The van der Waals surface area contributed by atoms with Gasteiger partial charge >= 0.3 is 0 Å². The Morgan fingerprint density at radius 1 is 1.23 bits per heavy atom. The van der Waals surface area contributed by atoms with Crippen LogP contribution in [0.25, 0.3) is 5.52 Å². The molecule has 1 aromatic carbocycles. The van der Waals surface area contributed by atoms with E-state index in [2.05, 4.69) is 9.88 Å². The summed E-state index contributed by atoms with van der Waals surface area (Å²) < 4.78 is 20.9. The Balaban J connectivity index is 1.72. The second kappa shape index (κ2) is 7.15. The van der Waals surface area contributed by atoms with Crippen LogP contribution in [0, 0.1) is 5.82 Å². The second-order valence-electron chi connectivity index (χ2n) is 6.18. The molecule has 0 bridgehead atoms. The highest BCUT2D eigenvalue weighted by Crippen LogP contribution is 2.21. The Hall–Kier alpha value is -2.28. The fraction of sp³-hybridized carbons (Fsp3) is 0.263. The lowest BCUT2D eigenvalue weighted by atomic mass is 10.1. The van der Waals surface area contributed by atoms with Gasteiger partial charge in [-0.05, 0) is 30.3 Å². The number of pyridine rings is 1. The monoisotopic (exact) mass is 373 g/mol. The Morgan fingerprint density at radius 3 is 2.81 bits per heavy atom. The molecule has 3 aromatic rings. The minimum absolute atomic E-state index is 0.0115. The fourth-order valence-corrected chi connectivity index (χ4v) is 3.23. The van der Waals surface area contributed by atoms with E-state index in [4.69, 9.17) is 16.3 Å². The summed E-state index contributed by atoms with van der Waals surface area (Å²) in [6, 6.07) is 9.73. The van der Waals surface area contributed by atoms with Crippen molar-refractivity contribution in [2.75, 3.05) is 26.3 Å². The molecule has 7 heteroatoms. The molecule has 5 nitrogen and oxygen atoms in total. The second-order valence-corrected chi connectivity index (χ2v) is 6.59.